The molecule has 1 aromatic rings. The van der Waals surface area contributed by atoms with E-state index in [4.69, 9.17) is 0 Å². The average molecular weight is 359 g/mol. The van der Waals surface area contributed by atoms with Crippen LogP contribution in [0.3, 0.4) is 0 Å². The molecule has 0 N–H and O–H groups in total. The number of hydrogen-bond donors (Lipinski definition) is 0. The number of ether oxygens (including phenoxy) is 1. The summed E-state index contributed by atoms with van der Waals surface area (Å²) < 4.78 is 5.84. The number of carbonyl (C=O) groups is 2. The fourth-order valence-electron chi connectivity index (χ4n) is 2.06. The molecular weight excluding hydrogens is 345 g/mol. The summed E-state index contributed by atoms with van der Waals surface area (Å²) >= 11 is 2.24. The van der Waals surface area contributed by atoms with Gasteiger partial charge in [-0.15, -0.1) is 0 Å². The van der Waals surface area contributed by atoms with Crippen LogP contribution in [0.15, 0.2) is 24.3 Å². The summed E-state index contributed by atoms with van der Waals surface area (Å²) in [4.78, 5) is 24.9. The van der Waals surface area contributed by atoms with Crippen LogP contribution in [0.2, 0.25) is 0 Å². The van der Waals surface area contributed by atoms with Gasteiger partial charge in [-0.25, -0.2) is 0 Å². The standard InChI is InChI=1S/C13H14INO3/c1-18-13(17)10-6-12(16)15(8-10)7-9-2-4-11(14)5-3-9/h2-5,10H,6-8H2,1H3. The van der Waals surface area contributed by atoms with Gasteiger partial charge in [-0.3, -0.25) is 9.59 Å². The lowest BCUT2D eigenvalue weighted by molar-refractivity contribution is -0.145. The maximum atomic E-state index is 11.8. The minimum Gasteiger partial charge on any atom is -0.469 e. The van der Waals surface area contributed by atoms with Crippen molar-refractivity contribution in [2.75, 3.05) is 13.7 Å². The number of esters is 1. The SMILES string of the molecule is COC(=O)C1CC(=O)N(Cc2ccc(I)cc2)C1. The number of halogens is 1. The van der Waals surface area contributed by atoms with Crippen molar-refractivity contribution in [2.45, 2.75) is 13.0 Å². The Labute approximate surface area is 119 Å². The molecule has 0 aromatic heterocycles. The van der Waals surface area contributed by atoms with Gasteiger partial charge in [0, 0.05) is 23.1 Å². The molecule has 1 amide bonds. The molecule has 0 radical (unpaired) electrons. The second-order valence-electron chi connectivity index (χ2n) is 4.32. The smallest absolute Gasteiger partial charge is 0.310 e. The maximum absolute atomic E-state index is 11.8. The maximum Gasteiger partial charge on any atom is 0.310 e. The van der Waals surface area contributed by atoms with E-state index < -0.39 is 0 Å². The highest BCUT2D eigenvalue weighted by molar-refractivity contribution is 14.1. The molecule has 0 bridgehead atoms. The Morgan fingerprint density at radius 2 is 2.11 bits per heavy atom. The molecule has 1 fully saturated rings. The van der Waals surface area contributed by atoms with Gasteiger partial charge in [-0.1, -0.05) is 12.1 Å². The van der Waals surface area contributed by atoms with Crippen LogP contribution in [-0.2, 0) is 20.9 Å². The monoisotopic (exact) mass is 359 g/mol. The first-order valence-corrected chi connectivity index (χ1v) is 6.78. The van der Waals surface area contributed by atoms with E-state index in [0.717, 1.165) is 9.13 Å². The van der Waals surface area contributed by atoms with Gasteiger partial charge in [0.15, 0.2) is 0 Å². The van der Waals surface area contributed by atoms with Crippen LogP contribution < -0.4 is 0 Å². The Balaban J connectivity index is 2.00. The van der Waals surface area contributed by atoms with Crippen molar-refractivity contribution in [1.82, 2.24) is 4.90 Å². The van der Waals surface area contributed by atoms with Crippen LogP contribution in [0.25, 0.3) is 0 Å². The predicted molar refractivity (Wildman–Crippen MR) is 74.7 cm³/mol. The second kappa shape index (κ2) is 5.69. The van der Waals surface area contributed by atoms with Crippen LogP contribution in [0.5, 0.6) is 0 Å². The number of rotatable bonds is 3. The molecule has 1 aliphatic rings. The van der Waals surface area contributed by atoms with Crippen molar-refractivity contribution in [1.29, 1.82) is 0 Å². The van der Waals surface area contributed by atoms with Crippen LogP contribution in [0.4, 0.5) is 0 Å². The molecule has 1 heterocycles. The van der Waals surface area contributed by atoms with E-state index in [-0.39, 0.29) is 24.2 Å². The molecular formula is C13H14INO3. The molecule has 1 aliphatic heterocycles. The molecule has 0 saturated carbocycles. The summed E-state index contributed by atoms with van der Waals surface area (Å²) in [6, 6.07) is 8.02. The minimum atomic E-state index is -0.314. The van der Waals surface area contributed by atoms with Crippen LogP contribution >= 0.6 is 22.6 Å². The lowest BCUT2D eigenvalue weighted by atomic mass is 10.1. The van der Waals surface area contributed by atoms with Crippen LogP contribution in [0, 0.1) is 9.49 Å². The normalized spacial score (nSPS) is 19.1. The van der Waals surface area contributed by atoms with Gasteiger partial charge in [0.25, 0.3) is 0 Å². The molecule has 96 valence electrons. The Bertz CT molecular complexity index is 458. The molecule has 18 heavy (non-hydrogen) atoms. The van der Waals surface area contributed by atoms with E-state index in [1.807, 2.05) is 24.3 Å². The first-order chi connectivity index (χ1) is 8.60. The van der Waals surface area contributed by atoms with Crippen molar-refractivity contribution < 1.29 is 14.3 Å². The van der Waals surface area contributed by atoms with Gasteiger partial charge >= 0.3 is 5.97 Å². The Hall–Kier alpha value is -1.11. The van der Waals surface area contributed by atoms with Crippen LogP contribution in [0.1, 0.15) is 12.0 Å². The van der Waals surface area contributed by atoms with Gasteiger partial charge in [0.05, 0.1) is 13.0 Å². The van der Waals surface area contributed by atoms with E-state index in [1.54, 1.807) is 4.90 Å². The summed E-state index contributed by atoms with van der Waals surface area (Å²) in [7, 11) is 1.36. The topological polar surface area (TPSA) is 46.6 Å². The lowest BCUT2D eigenvalue weighted by Gasteiger charge is -2.16. The van der Waals surface area contributed by atoms with Crippen molar-refractivity contribution in [3.63, 3.8) is 0 Å². The summed E-state index contributed by atoms with van der Waals surface area (Å²) in [5.41, 5.74) is 1.08. The zero-order valence-electron chi connectivity index (χ0n) is 10.1. The summed E-state index contributed by atoms with van der Waals surface area (Å²) in [6.45, 7) is 1.01. The number of benzene rings is 1. The van der Waals surface area contributed by atoms with Crippen molar-refractivity contribution in [3.8, 4) is 0 Å². The fourth-order valence-corrected chi connectivity index (χ4v) is 2.42. The largest absolute Gasteiger partial charge is 0.469 e. The predicted octanol–water partition coefficient (Wildman–Crippen LogP) is 1.81. The fraction of sp³-hybridized carbons (Fsp3) is 0.385. The molecule has 0 aliphatic carbocycles. The quantitative estimate of drug-likeness (QED) is 0.611. The number of likely N-dealkylation sites (tertiary alicyclic amines) is 1. The number of carbonyl (C=O) groups excluding carboxylic acids is 2. The highest BCUT2D eigenvalue weighted by Crippen LogP contribution is 2.21. The molecule has 1 saturated heterocycles. The van der Waals surface area contributed by atoms with Crippen molar-refractivity contribution >= 4 is 34.5 Å². The van der Waals surface area contributed by atoms with E-state index >= 15 is 0 Å². The lowest BCUT2D eigenvalue weighted by Crippen LogP contribution is -2.26. The number of amides is 1. The summed E-state index contributed by atoms with van der Waals surface area (Å²) in [5, 5.41) is 0. The minimum absolute atomic E-state index is 0.0175. The van der Waals surface area contributed by atoms with Gasteiger partial charge < -0.3 is 9.64 Å². The third-order valence-electron chi connectivity index (χ3n) is 3.04. The Morgan fingerprint density at radius 3 is 2.72 bits per heavy atom. The zero-order valence-corrected chi connectivity index (χ0v) is 12.2. The molecule has 1 aromatic carbocycles. The van der Waals surface area contributed by atoms with Crippen molar-refractivity contribution in [3.05, 3.63) is 33.4 Å². The van der Waals surface area contributed by atoms with Gasteiger partial charge in [0.1, 0.15) is 0 Å². The third kappa shape index (κ3) is 3.01. The first kappa shape index (κ1) is 13.3. The number of hydrogen-bond acceptors (Lipinski definition) is 3. The van der Waals surface area contributed by atoms with Crippen molar-refractivity contribution in [2.24, 2.45) is 5.92 Å². The van der Waals surface area contributed by atoms with Gasteiger partial charge in [0.2, 0.25) is 5.91 Å². The highest BCUT2D eigenvalue weighted by Gasteiger charge is 2.34. The van der Waals surface area contributed by atoms with E-state index in [2.05, 4.69) is 27.3 Å². The van der Waals surface area contributed by atoms with E-state index in [9.17, 15) is 9.59 Å². The number of methoxy groups -OCH3 is 1. The molecule has 2 rings (SSSR count). The summed E-state index contributed by atoms with van der Waals surface area (Å²) in [6.07, 6.45) is 0.261. The van der Waals surface area contributed by atoms with Crippen LogP contribution in [-0.4, -0.2) is 30.4 Å². The third-order valence-corrected chi connectivity index (χ3v) is 3.75. The summed E-state index contributed by atoms with van der Waals surface area (Å²) in [5.74, 6) is -0.594. The molecule has 1 atom stereocenters. The Kier molecular flexibility index (Phi) is 4.21. The highest BCUT2D eigenvalue weighted by atomic mass is 127. The first-order valence-electron chi connectivity index (χ1n) is 5.70. The van der Waals surface area contributed by atoms with Gasteiger partial charge in [-0.05, 0) is 40.3 Å². The Morgan fingerprint density at radius 1 is 1.44 bits per heavy atom. The van der Waals surface area contributed by atoms with E-state index in [0.29, 0.717) is 13.1 Å². The second-order valence-corrected chi connectivity index (χ2v) is 5.57. The molecule has 0 spiro atoms. The zero-order chi connectivity index (χ0) is 13.1. The number of nitrogens with zero attached hydrogens (tertiary/aromatic N) is 1. The molecule has 5 heteroatoms. The van der Waals surface area contributed by atoms with Gasteiger partial charge in [-0.2, -0.15) is 0 Å². The average Bonchev–Trinajstić information content (AvgIpc) is 2.73. The molecule has 1 unspecified atom stereocenters. The molecule has 4 nitrogen and oxygen atoms in total. The van der Waals surface area contributed by atoms with E-state index in [1.165, 1.54) is 7.11 Å².